The van der Waals surface area contributed by atoms with Crippen LogP contribution < -0.4 is 0 Å². The number of likely N-dealkylation sites (tertiary alicyclic amines) is 1. The Hall–Kier alpha value is -1.62. The highest BCUT2D eigenvalue weighted by Crippen LogP contribution is 2.22. The lowest BCUT2D eigenvalue weighted by Gasteiger charge is -2.33. The first-order valence-electron chi connectivity index (χ1n) is 6.38. The van der Waals surface area contributed by atoms with Crippen molar-refractivity contribution in [1.29, 1.82) is 0 Å². The number of ether oxygens (including phenoxy) is 1. The number of halogens is 2. The second-order valence-corrected chi connectivity index (χ2v) is 5.07. The number of piperidine rings is 1. The molecule has 1 amide bonds. The van der Waals surface area contributed by atoms with Gasteiger partial charge in [-0.3, -0.25) is 4.79 Å². The average Bonchev–Trinajstić information content (AvgIpc) is 2.48. The summed E-state index contributed by atoms with van der Waals surface area (Å²) in [6.45, 7) is 0.461. The summed E-state index contributed by atoms with van der Waals surface area (Å²) in [4.78, 5) is 25.6. The van der Waals surface area contributed by atoms with Crippen molar-refractivity contribution in [3.63, 3.8) is 0 Å². The Morgan fingerprint density at radius 3 is 2.80 bits per heavy atom. The highest BCUT2D eigenvalue weighted by Gasteiger charge is 2.33. The van der Waals surface area contributed by atoms with E-state index in [1.807, 2.05) is 0 Å². The molecule has 0 aromatic heterocycles. The fraction of sp³-hybridized carbons (Fsp3) is 0.429. The molecule has 0 radical (unpaired) electrons. The van der Waals surface area contributed by atoms with Crippen LogP contribution in [0.25, 0.3) is 0 Å². The lowest BCUT2D eigenvalue weighted by Crippen LogP contribution is -2.48. The number of esters is 1. The molecule has 1 fully saturated rings. The molecule has 1 aromatic carbocycles. The Balaban J connectivity index is 2.25. The van der Waals surface area contributed by atoms with E-state index in [0.29, 0.717) is 13.0 Å². The van der Waals surface area contributed by atoms with Gasteiger partial charge in [0.2, 0.25) is 0 Å². The van der Waals surface area contributed by atoms with E-state index in [1.165, 1.54) is 24.1 Å². The van der Waals surface area contributed by atoms with Crippen molar-refractivity contribution in [2.45, 2.75) is 25.3 Å². The molecule has 108 valence electrons. The average molecular weight is 300 g/mol. The second kappa shape index (κ2) is 6.22. The Morgan fingerprint density at radius 2 is 2.15 bits per heavy atom. The zero-order valence-electron chi connectivity index (χ0n) is 11.1. The summed E-state index contributed by atoms with van der Waals surface area (Å²) in [5, 5.41) is -0.0373. The standard InChI is InChI=1S/C14H15ClFNO3/c1-20-14(19)12-4-2-3-7-17(12)13(18)9-5-6-10(15)11(16)8-9/h5-6,8,12H,2-4,7H2,1H3/t12-/m1/s1. The number of amides is 1. The lowest BCUT2D eigenvalue weighted by molar-refractivity contribution is -0.147. The van der Waals surface area contributed by atoms with Crippen LogP contribution in [0.5, 0.6) is 0 Å². The molecule has 1 aromatic rings. The van der Waals surface area contributed by atoms with Crippen molar-refractivity contribution in [2.24, 2.45) is 0 Å². The molecule has 0 N–H and O–H groups in total. The van der Waals surface area contributed by atoms with E-state index >= 15 is 0 Å². The second-order valence-electron chi connectivity index (χ2n) is 4.66. The molecule has 20 heavy (non-hydrogen) atoms. The Bertz CT molecular complexity index is 535. The maximum Gasteiger partial charge on any atom is 0.328 e. The summed E-state index contributed by atoms with van der Waals surface area (Å²) in [5.41, 5.74) is 0.183. The Labute approximate surface area is 121 Å². The summed E-state index contributed by atoms with van der Waals surface area (Å²) in [5.74, 6) is -1.47. The largest absolute Gasteiger partial charge is 0.467 e. The van der Waals surface area contributed by atoms with Gasteiger partial charge in [0.05, 0.1) is 12.1 Å². The minimum atomic E-state index is -0.649. The van der Waals surface area contributed by atoms with E-state index < -0.39 is 17.8 Å². The zero-order chi connectivity index (χ0) is 14.7. The molecule has 1 heterocycles. The number of rotatable bonds is 2. The van der Waals surface area contributed by atoms with Gasteiger partial charge in [0.15, 0.2) is 0 Å². The highest BCUT2D eigenvalue weighted by molar-refractivity contribution is 6.30. The summed E-state index contributed by atoms with van der Waals surface area (Å²) in [7, 11) is 1.29. The first-order valence-corrected chi connectivity index (χ1v) is 6.76. The van der Waals surface area contributed by atoms with Crippen LogP contribution in [0.2, 0.25) is 5.02 Å². The smallest absolute Gasteiger partial charge is 0.328 e. The van der Waals surface area contributed by atoms with Crippen molar-refractivity contribution in [3.8, 4) is 0 Å². The molecule has 1 saturated heterocycles. The molecular weight excluding hydrogens is 285 g/mol. The molecule has 6 heteroatoms. The van der Waals surface area contributed by atoms with E-state index in [0.717, 1.165) is 18.9 Å². The summed E-state index contributed by atoms with van der Waals surface area (Å²) in [6.07, 6.45) is 2.24. The molecule has 0 spiro atoms. The molecule has 2 rings (SSSR count). The normalized spacial score (nSPS) is 18.8. The van der Waals surface area contributed by atoms with Crippen molar-refractivity contribution in [1.82, 2.24) is 4.90 Å². The van der Waals surface area contributed by atoms with Crippen LogP contribution >= 0.6 is 11.6 Å². The number of carbonyl (C=O) groups is 2. The molecule has 1 atom stereocenters. The third-order valence-corrected chi connectivity index (χ3v) is 3.71. The van der Waals surface area contributed by atoms with Gasteiger partial charge in [0, 0.05) is 12.1 Å². The zero-order valence-corrected chi connectivity index (χ0v) is 11.8. The minimum absolute atomic E-state index is 0.0373. The van der Waals surface area contributed by atoms with Crippen LogP contribution in [-0.2, 0) is 9.53 Å². The topological polar surface area (TPSA) is 46.6 Å². The van der Waals surface area contributed by atoms with Gasteiger partial charge in [-0.15, -0.1) is 0 Å². The molecule has 4 nitrogen and oxygen atoms in total. The van der Waals surface area contributed by atoms with Crippen LogP contribution in [-0.4, -0.2) is 36.5 Å². The van der Waals surface area contributed by atoms with E-state index in [4.69, 9.17) is 16.3 Å². The molecule has 1 aliphatic rings. The lowest BCUT2D eigenvalue weighted by atomic mass is 10.0. The van der Waals surface area contributed by atoms with Gasteiger partial charge in [0.25, 0.3) is 5.91 Å². The molecule has 1 aliphatic heterocycles. The van der Waals surface area contributed by atoms with Gasteiger partial charge in [-0.2, -0.15) is 0 Å². The number of nitrogens with zero attached hydrogens (tertiary/aromatic N) is 1. The van der Waals surface area contributed by atoms with Gasteiger partial charge < -0.3 is 9.64 Å². The van der Waals surface area contributed by atoms with Crippen molar-refractivity contribution in [2.75, 3.05) is 13.7 Å². The van der Waals surface area contributed by atoms with Crippen molar-refractivity contribution >= 4 is 23.5 Å². The molecule has 0 unspecified atom stereocenters. The van der Waals surface area contributed by atoms with Crippen LogP contribution in [0.3, 0.4) is 0 Å². The van der Waals surface area contributed by atoms with E-state index in [9.17, 15) is 14.0 Å². The van der Waals surface area contributed by atoms with Gasteiger partial charge in [-0.05, 0) is 37.5 Å². The van der Waals surface area contributed by atoms with Gasteiger partial charge >= 0.3 is 5.97 Å². The van der Waals surface area contributed by atoms with Crippen LogP contribution in [0.15, 0.2) is 18.2 Å². The van der Waals surface area contributed by atoms with E-state index in [2.05, 4.69) is 0 Å². The summed E-state index contributed by atoms with van der Waals surface area (Å²) < 4.78 is 18.2. The van der Waals surface area contributed by atoms with Crippen LogP contribution in [0.4, 0.5) is 4.39 Å². The molecular formula is C14H15ClFNO3. The monoisotopic (exact) mass is 299 g/mol. The molecule has 0 aliphatic carbocycles. The first kappa shape index (κ1) is 14.8. The first-order chi connectivity index (χ1) is 9.54. The third-order valence-electron chi connectivity index (χ3n) is 3.40. The Kier molecular flexibility index (Phi) is 4.60. The number of benzene rings is 1. The predicted molar refractivity (Wildman–Crippen MR) is 72.1 cm³/mol. The third kappa shape index (κ3) is 2.93. The number of hydrogen-bond donors (Lipinski definition) is 0. The maximum atomic E-state index is 13.4. The van der Waals surface area contributed by atoms with E-state index in [-0.39, 0.29) is 16.5 Å². The molecule has 0 saturated carbocycles. The van der Waals surface area contributed by atoms with E-state index in [1.54, 1.807) is 0 Å². The van der Waals surface area contributed by atoms with Gasteiger partial charge in [0.1, 0.15) is 11.9 Å². The Morgan fingerprint density at radius 1 is 1.40 bits per heavy atom. The number of carbonyl (C=O) groups excluding carboxylic acids is 2. The summed E-state index contributed by atoms with van der Waals surface area (Å²) in [6, 6.07) is 3.28. The van der Waals surface area contributed by atoms with Crippen LogP contribution in [0, 0.1) is 5.82 Å². The fourth-order valence-electron chi connectivity index (χ4n) is 2.35. The fourth-order valence-corrected chi connectivity index (χ4v) is 2.47. The van der Waals surface area contributed by atoms with Crippen molar-refractivity contribution < 1.29 is 18.7 Å². The predicted octanol–water partition coefficient (Wildman–Crippen LogP) is 2.65. The maximum absolute atomic E-state index is 13.4. The number of methoxy groups -OCH3 is 1. The minimum Gasteiger partial charge on any atom is -0.467 e. The van der Waals surface area contributed by atoms with Crippen LogP contribution in [0.1, 0.15) is 29.6 Å². The highest BCUT2D eigenvalue weighted by atomic mass is 35.5. The number of hydrogen-bond acceptors (Lipinski definition) is 3. The van der Waals surface area contributed by atoms with Crippen molar-refractivity contribution in [3.05, 3.63) is 34.6 Å². The quantitative estimate of drug-likeness (QED) is 0.789. The van der Waals surface area contributed by atoms with Gasteiger partial charge in [-0.1, -0.05) is 11.6 Å². The summed E-state index contributed by atoms with van der Waals surface area (Å²) >= 11 is 5.60. The molecule has 0 bridgehead atoms. The SMILES string of the molecule is COC(=O)[C@H]1CCCCN1C(=O)c1ccc(Cl)c(F)c1. The van der Waals surface area contributed by atoms with Gasteiger partial charge in [-0.25, -0.2) is 9.18 Å².